The van der Waals surface area contributed by atoms with Crippen molar-refractivity contribution < 1.29 is 4.52 Å². The Kier molecular flexibility index (Phi) is 5.63. The highest BCUT2D eigenvalue weighted by Gasteiger charge is 2.18. The van der Waals surface area contributed by atoms with Crippen molar-refractivity contribution in [3.05, 3.63) is 84.4 Å². The molecule has 0 saturated heterocycles. The van der Waals surface area contributed by atoms with Crippen molar-refractivity contribution in [1.29, 1.82) is 0 Å². The summed E-state index contributed by atoms with van der Waals surface area (Å²) in [4.78, 5) is 2.23. The quantitative estimate of drug-likeness (QED) is 0.343. The third-order valence-corrected chi connectivity index (χ3v) is 5.44. The second kappa shape index (κ2) is 8.49. The van der Waals surface area contributed by atoms with E-state index in [-0.39, 0.29) is 0 Å². The third-order valence-electron chi connectivity index (χ3n) is 4.92. The fourth-order valence-electron chi connectivity index (χ4n) is 3.45. The van der Waals surface area contributed by atoms with E-state index in [2.05, 4.69) is 59.4 Å². The van der Waals surface area contributed by atoms with Gasteiger partial charge in [-0.15, -0.1) is 11.6 Å². The Morgan fingerprint density at radius 1 is 0.964 bits per heavy atom. The lowest BCUT2D eigenvalue weighted by atomic mass is 10.0. The molecule has 142 valence electrons. The van der Waals surface area contributed by atoms with Crippen molar-refractivity contribution in [2.24, 2.45) is 5.92 Å². The molecule has 1 atom stereocenters. The Labute approximate surface area is 170 Å². The molecule has 0 N–H and O–H groups in total. The van der Waals surface area contributed by atoms with E-state index < -0.39 is 0 Å². The summed E-state index contributed by atoms with van der Waals surface area (Å²) in [5, 5.41) is 6.80. The highest BCUT2D eigenvalue weighted by Crippen LogP contribution is 2.28. The van der Waals surface area contributed by atoms with Gasteiger partial charge in [0.2, 0.25) is 5.88 Å². The minimum absolute atomic E-state index is 0.335. The molecule has 4 heteroatoms. The van der Waals surface area contributed by atoms with Gasteiger partial charge < -0.3 is 9.42 Å². The zero-order chi connectivity index (χ0) is 19.3. The molecule has 1 unspecified atom stereocenters. The van der Waals surface area contributed by atoms with Crippen LogP contribution < -0.4 is 4.90 Å². The van der Waals surface area contributed by atoms with E-state index in [1.165, 1.54) is 16.3 Å². The molecule has 0 fully saturated rings. The SMILES string of the molecule is CC(CCl)CN(Cc1cccc2ccccc12)c1cc(-c2ccccc2)no1. The zero-order valence-electron chi connectivity index (χ0n) is 15.9. The average molecular weight is 391 g/mol. The molecule has 0 aliphatic heterocycles. The molecule has 0 radical (unpaired) electrons. The van der Waals surface area contributed by atoms with E-state index in [0.29, 0.717) is 11.8 Å². The largest absolute Gasteiger partial charge is 0.338 e. The Morgan fingerprint density at radius 3 is 2.54 bits per heavy atom. The number of halogens is 1. The smallest absolute Gasteiger partial charge is 0.228 e. The molecule has 1 aromatic heterocycles. The molecule has 0 amide bonds. The number of aromatic nitrogens is 1. The van der Waals surface area contributed by atoms with Crippen LogP contribution in [0.25, 0.3) is 22.0 Å². The lowest BCUT2D eigenvalue weighted by molar-refractivity contribution is 0.410. The van der Waals surface area contributed by atoms with Crippen LogP contribution in [0, 0.1) is 5.92 Å². The maximum atomic E-state index is 6.11. The first-order valence-corrected chi connectivity index (χ1v) is 10.1. The molecular weight excluding hydrogens is 368 g/mol. The van der Waals surface area contributed by atoms with Crippen LogP contribution in [0.5, 0.6) is 0 Å². The number of anilines is 1. The van der Waals surface area contributed by atoms with Crippen LogP contribution in [-0.2, 0) is 6.54 Å². The molecule has 3 aromatic carbocycles. The molecular formula is C24H23ClN2O. The van der Waals surface area contributed by atoms with Gasteiger partial charge >= 0.3 is 0 Å². The van der Waals surface area contributed by atoms with Crippen molar-refractivity contribution in [3.8, 4) is 11.3 Å². The molecule has 0 bridgehead atoms. The summed E-state index contributed by atoms with van der Waals surface area (Å²) in [6, 6.07) is 27.0. The summed E-state index contributed by atoms with van der Waals surface area (Å²) < 4.78 is 5.74. The van der Waals surface area contributed by atoms with E-state index in [0.717, 1.165) is 30.2 Å². The van der Waals surface area contributed by atoms with E-state index in [1.54, 1.807) is 0 Å². The van der Waals surface area contributed by atoms with Gasteiger partial charge in [-0.25, -0.2) is 0 Å². The summed E-state index contributed by atoms with van der Waals surface area (Å²) in [7, 11) is 0. The van der Waals surface area contributed by atoms with E-state index in [4.69, 9.17) is 16.1 Å². The monoisotopic (exact) mass is 390 g/mol. The zero-order valence-corrected chi connectivity index (χ0v) is 16.6. The predicted octanol–water partition coefficient (Wildman–Crippen LogP) is 6.38. The van der Waals surface area contributed by atoms with Crippen molar-refractivity contribution >= 4 is 28.3 Å². The molecule has 3 nitrogen and oxygen atoms in total. The standard InChI is InChI=1S/C24H23ClN2O/c1-18(15-25)16-27(17-21-12-7-11-19-8-5-6-13-22(19)21)24-14-23(26-28-24)20-9-3-2-4-10-20/h2-14,18H,15-17H2,1H3. The Bertz CT molecular complexity index is 1040. The maximum Gasteiger partial charge on any atom is 0.228 e. The Balaban J connectivity index is 1.67. The molecule has 0 aliphatic rings. The number of hydrogen-bond donors (Lipinski definition) is 0. The molecule has 4 rings (SSSR count). The van der Waals surface area contributed by atoms with E-state index >= 15 is 0 Å². The van der Waals surface area contributed by atoms with Crippen LogP contribution in [0.1, 0.15) is 12.5 Å². The topological polar surface area (TPSA) is 29.3 Å². The summed E-state index contributed by atoms with van der Waals surface area (Å²) in [5.41, 5.74) is 3.16. The lowest BCUT2D eigenvalue weighted by Crippen LogP contribution is -2.28. The van der Waals surface area contributed by atoms with Gasteiger partial charge in [0.15, 0.2) is 0 Å². The molecule has 28 heavy (non-hydrogen) atoms. The van der Waals surface area contributed by atoms with Crippen molar-refractivity contribution in [1.82, 2.24) is 5.16 Å². The van der Waals surface area contributed by atoms with Gasteiger partial charge in [-0.2, -0.15) is 0 Å². The number of hydrogen-bond acceptors (Lipinski definition) is 3. The summed E-state index contributed by atoms with van der Waals surface area (Å²) in [6.07, 6.45) is 0. The summed E-state index contributed by atoms with van der Waals surface area (Å²) in [5.74, 6) is 1.71. The Morgan fingerprint density at radius 2 is 1.71 bits per heavy atom. The highest BCUT2D eigenvalue weighted by molar-refractivity contribution is 6.18. The van der Waals surface area contributed by atoms with Gasteiger partial charge in [0.1, 0.15) is 5.69 Å². The van der Waals surface area contributed by atoms with Crippen LogP contribution in [0.2, 0.25) is 0 Å². The first kappa shape index (κ1) is 18.6. The van der Waals surface area contributed by atoms with Crippen LogP contribution >= 0.6 is 11.6 Å². The van der Waals surface area contributed by atoms with Crippen LogP contribution in [0.3, 0.4) is 0 Å². The number of alkyl halides is 1. The fourth-order valence-corrected chi connectivity index (χ4v) is 3.55. The summed E-state index contributed by atoms with van der Waals surface area (Å²) >= 11 is 6.11. The van der Waals surface area contributed by atoms with E-state index in [9.17, 15) is 0 Å². The van der Waals surface area contributed by atoms with Gasteiger partial charge in [-0.05, 0) is 22.3 Å². The highest BCUT2D eigenvalue weighted by atomic mass is 35.5. The van der Waals surface area contributed by atoms with E-state index in [1.807, 2.05) is 36.4 Å². The van der Waals surface area contributed by atoms with Gasteiger partial charge in [0.25, 0.3) is 0 Å². The molecule has 0 aliphatic carbocycles. The number of nitrogens with zero attached hydrogens (tertiary/aromatic N) is 2. The van der Waals surface area contributed by atoms with Crippen molar-refractivity contribution in [2.45, 2.75) is 13.5 Å². The van der Waals surface area contributed by atoms with Crippen molar-refractivity contribution in [2.75, 3.05) is 17.3 Å². The number of benzene rings is 3. The minimum atomic E-state index is 0.335. The second-order valence-corrected chi connectivity index (χ2v) is 7.50. The molecule has 4 aromatic rings. The molecule has 0 saturated carbocycles. The van der Waals surface area contributed by atoms with Gasteiger partial charge in [-0.1, -0.05) is 84.9 Å². The first-order valence-electron chi connectivity index (χ1n) is 9.54. The Hall–Kier alpha value is -2.78. The van der Waals surface area contributed by atoms with Gasteiger partial charge in [0, 0.05) is 30.6 Å². The second-order valence-electron chi connectivity index (χ2n) is 7.19. The number of fused-ring (bicyclic) bond motifs is 1. The normalized spacial score (nSPS) is 12.2. The molecule has 0 spiro atoms. The lowest BCUT2D eigenvalue weighted by Gasteiger charge is -2.24. The van der Waals surface area contributed by atoms with Crippen molar-refractivity contribution in [3.63, 3.8) is 0 Å². The summed E-state index contributed by atoms with van der Waals surface area (Å²) in [6.45, 7) is 3.69. The van der Waals surface area contributed by atoms with Crippen LogP contribution in [-0.4, -0.2) is 17.6 Å². The fraction of sp³-hybridized carbons (Fsp3) is 0.208. The maximum absolute atomic E-state index is 6.11. The molecule has 1 heterocycles. The van der Waals surface area contributed by atoms with Gasteiger partial charge in [-0.3, -0.25) is 0 Å². The van der Waals surface area contributed by atoms with Crippen LogP contribution in [0.4, 0.5) is 5.88 Å². The minimum Gasteiger partial charge on any atom is -0.338 e. The van der Waals surface area contributed by atoms with Crippen LogP contribution in [0.15, 0.2) is 83.4 Å². The van der Waals surface area contributed by atoms with Gasteiger partial charge in [0.05, 0.1) is 0 Å². The number of rotatable bonds is 7. The first-order chi connectivity index (χ1) is 13.7. The third kappa shape index (κ3) is 4.05. The predicted molar refractivity (Wildman–Crippen MR) is 117 cm³/mol. The average Bonchev–Trinajstić information content (AvgIpc) is 3.24.